The lowest BCUT2D eigenvalue weighted by Crippen LogP contribution is -2.12. The molecular weight excluding hydrogens is 252 g/mol. The molecule has 3 N–H and O–H groups in total. The molecule has 0 atom stereocenters. The number of hydrogen-bond donors (Lipinski definition) is 2. The third-order valence-electron chi connectivity index (χ3n) is 1.46. The molecule has 0 bridgehead atoms. The molecule has 68 valence electrons. The van der Waals surface area contributed by atoms with Crippen molar-refractivity contribution in [2.75, 3.05) is 5.32 Å². The Morgan fingerprint density at radius 3 is 2.85 bits per heavy atom. The van der Waals surface area contributed by atoms with Crippen molar-refractivity contribution in [1.29, 1.82) is 0 Å². The molecule has 0 radical (unpaired) electrons. The highest BCUT2D eigenvalue weighted by atomic mass is 79.9. The number of benzene rings is 1. The Kier molecular flexibility index (Phi) is 3.39. The minimum atomic E-state index is 0.261. The fraction of sp³-hybridized carbons (Fsp3) is 0. The normalized spacial score (nSPS) is 9.31. The largest absolute Gasteiger partial charge is 0.389 e. The molecule has 0 spiro atoms. The van der Waals surface area contributed by atoms with E-state index in [4.69, 9.17) is 18.0 Å². The summed E-state index contributed by atoms with van der Waals surface area (Å²) >= 11 is 8.09. The molecule has 0 aliphatic carbocycles. The quantitative estimate of drug-likeness (QED) is 0.641. The zero-order valence-corrected chi connectivity index (χ0v) is 8.98. The van der Waals surface area contributed by atoms with Gasteiger partial charge < -0.3 is 11.1 Å². The summed E-state index contributed by atoms with van der Waals surface area (Å²) in [7, 11) is 0. The van der Waals surface area contributed by atoms with E-state index in [1.54, 1.807) is 12.1 Å². The van der Waals surface area contributed by atoms with Gasteiger partial charge in [-0.2, -0.15) is 0 Å². The molecule has 1 rings (SSSR count). The lowest BCUT2D eigenvalue weighted by Gasteiger charge is -2.06. The van der Waals surface area contributed by atoms with Crippen LogP contribution < -0.4 is 11.1 Å². The van der Waals surface area contributed by atoms with E-state index in [-0.39, 0.29) is 4.99 Å². The second-order valence-corrected chi connectivity index (χ2v) is 3.67. The molecule has 0 aliphatic rings. The highest BCUT2D eigenvalue weighted by Gasteiger charge is 2.04. The van der Waals surface area contributed by atoms with Crippen LogP contribution in [0, 0.1) is 0 Å². The lowest BCUT2D eigenvalue weighted by atomic mass is 10.2. The second kappa shape index (κ2) is 4.34. The molecule has 1 aromatic rings. The van der Waals surface area contributed by atoms with Gasteiger partial charge in [-0.1, -0.05) is 28.1 Å². The van der Waals surface area contributed by atoms with Crippen LogP contribution in [0.15, 0.2) is 22.7 Å². The van der Waals surface area contributed by atoms with Gasteiger partial charge in [-0.25, -0.2) is 0 Å². The Morgan fingerprint density at radius 2 is 2.31 bits per heavy atom. The van der Waals surface area contributed by atoms with Crippen molar-refractivity contribution in [2.24, 2.45) is 5.73 Å². The molecule has 3 nitrogen and oxygen atoms in total. The molecule has 0 unspecified atom stereocenters. The Balaban J connectivity index is 3.17. The number of halogens is 1. The first-order valence-corrected chi connectivity index (χ1v) is 4.65. The number of nitrogens with one attached hydrogen (secondary N) is 1. The molecule has 13 heavy (non-hydrogen) atoms. The van der Waals surface area contributed by atoms with Crippen molar-refractivity contribution in [3.05, 3.63) is 28.2 Å². The van der Waals surface area contributed by atoms with E-state index in [1.807, 2.05) is 6.07 Å². The van der Waals surface area contributed by atoms with Crippen molar-refractivity contribution in [1.82, 2.24) is 0 Å². The average molecular weight is 259 g/mol. The van der Waals surface area contributed by atoms with Gasteiger partial charge in [0.1, 0.15) is 4.99 Å². The van der Waals surface area contributed by atoms with Crippen LogP contribution in [-0.2, 0) is 4.79 Å². The van der Waals surface area contributed by atoms with Gasteiger partial charge in [-0.15, -0.1) is 0 Å². The van der Waals surface area contributed by atoms with Crippen LogP contribution in [0.1, 0.15) is 5.56 Å². The Labute approximate surface area is 89.4 Å². The van der Waals surface area contributed by atoms with Crippen LogP contribution >= 0.6 is 28.1 Å². The predicted octanol–water partition coefficient (Wildman–Crippen LogP) is 1.65. The SMILES string of the molecule is NC(=S)c1ccc(Br)cc1NC=O. The third kappa shape index (κ3) is 2.50. The van der Waals surface area contributed by atoms with Gasteiger partial charge in [0, 0.05) is 10.0 Å². The van der Waals surface area contributed by atoms with Crippen LogP contribution in [0.2, 0.25) is 0 Å². The van der Waals surface area contributed by atoms with Crippen molar-refractivity contribution in [3.8, 4) is 0 Å². The molecule has 1 aromatic carbocycles. The van der Waals surface area contributed by atoms with Crippen LogP contribution in [0.5, 0.6) is 0 Å². The zero-order valence-electron chi connectivity index (χ0n) is 6.58. The summed E-state index contributed by atoms with van der Waals surface area (Å²) in [6, 6.07) is 5.30. The number of rotatable bonds is 3. The Bertz CT molecular complexity index is 354. The van der Waals surface area contributed by atoms with Crippen LogP contribution in [-0.4, -0.2) is 11.4 Å². The highest BCUT2D eigenvalue weighted by Crippen LogP contribution is 2.20. The predicted molar refractivity (Wildman–Crippen MR) is 59.7 cm³/mol. The van der Waals surface area contributed by atoms with Crippen molar-refractivity contribution >= 4 is 45.2 Å². The molecule has 0 saturated heterocycles. The molecule has 0 aliphatic heterocycles. The monoisotopic (exact) mass is 258 g/mol. The van der Waals surface area contributed by atoms with Crippen molar-refractivity contribution in [2.45, 2.75) is 0 Å². The zero-order chi connectivity index (χ0) is 9.84. The lowest BCUT2D eigenvalue weighted by molar-refractivity contribution is -0.105. The summed E-state index contributed by atoms with van der Waals surface area (Å²) in [5.74, 6) is 0. The van der Waals surface area contributed by atoms with E-state index >= 15 is 0 Å². The fourth-order valence-corrected chi connectivity index (χ4v) is 1.45. The van der Waals surface area contributed by atoms with Gasteiger partial charge in [-0.3, -0.25) is 4.79 Å². The number of carbonyl (C=O) groups is 1. The standard InChI is InChI=1S/C8H7BrN2OS/c9-5-1-2-6(8(10)13)7(3-5)11-4-12/h1-4H,(H2,10,13)(H,11,12). The van der Waals surface area contributed by atoms with E-state index < -0.39 is 0 Å². The van der Waals surface area contributed by atoms with E-state index in [9.17, 15) is 4.79 Å². The summed E-state index contributed by atoms with van der Waals surface area (Å²) in [6.45, 7) is 0. The first kappa shape index (κ1) is 10.1. The fourth-order valence-electron chi connectivity index (χ4n) is 0.914. The van der Waals surface area contributed by atoms with E-state index in [0.29, 0.717) is 17.7 Å². The van der Waals surface area contributed by atoms with Gasteiger partial charge in [0.15, 0.2) is 0 Å². The van der Waals surface area contributed by atoms with Crippen LogP contribution in [0.4, 0.5) is 5.69 Å². The number of carbonyl (C=O) groups excluding carboxylic acids is 1. The first-order chi connectivity index (χ1) is 6.15. The minimum absolute atomic E-state index is 0.261. The van der Waals surface area contributed by atoms with E-state index in [0.717, 1.165) is 4.47 Å². The molecular formula is C8H7BrN2OS. The first-order valence-electron chi connectivity index (χ1n) is 3.44. The van der Waals surface area contributed by atoms with Crippen molar-refractivity contribution in [3.63, 3.8) is 0 Å². The van der Waals surface area contributed by atoms with Crippen molar-refractivity contribution < 1.29 is 4.79 Å². The summed E-state index contributed by atoms with van der Waals surface area (Å²) in [4.78, 5) is 10.5. The number of amides is 1. The highest BCUT2D eigenvalue weighted by molar-refractivity contribution is 9.10. The Morgan fingerprint density at radius 1 is 1.62 bits per heavy atom. The third-order valence-corrected chi connectivity index (χ3v) is 2.17. The number of nitrogens with two attached hydrogens (primary N) is 1. The minimum Gasteiger partial charge on any atom is -0.389 e. The average Bonchev–Trinajstić information content (AvgIpc) is 2.04. The maximum absolute atomic E-state index is 10.2. The summed E-state index contributed by atoms with van der Waals surface area (Å²) < 4.78 is 0.858. The molecule has 0 aromatic heterocycles. The molecule has 0 saturated carbocycles. The van der Waals surface area contributed by atoms with Gasteiger partial charge >= 0.3 is 0 Å². The molecule has 0 fully saturated rings. The smallest absolute Gasteiger partial charge is 0.211 e. The number of hydrogen-bond acceptors (Lipinski definition) is 2. The Hall–Kier alpha value is -0.940. The summed E-state index contributed by atoms with van der Waals surface area (Å²) in [5.41, 5.74) is 6.72. The topological polar surface area (TPSA) is 55.1 Å². The van der Waals surface area contributed by atoms with Crippen LogP contribution in [0.25, 0.3) is 0 Å². The molecule has 5 heteroatoms. The number of thiocarbonyl (C=S) groups is 1. The van der Waals surface area contributed by atoms with Gasteiger partial charge in [0.05, 0.1) is 5.69 Å². The molecule has 1 amide bonds. The van der Waals surface area contributed by atoms with E-state index in [1.165, 1.54) is 0 Å². The maximum atomic E-state index is 10.2. The van der Waals surface area contributed by atoms with Gasteiger partial charge in [0.2, 0.25) is 6.41 Å². The summed E-state index contributed by atoms with van der Waals surface area (Å²) in [5, 5.41) is 2.52. The maximum Gasteiger partial charge on any atom is 0.211 e. The van der Waals surface area contributed by atoms with Gasteiger partial charge in [-0.05, 0) is 18.2 Å². The van der Waals surface area contributed by atoms with Crippen LogP contribution in [0.3, 0.4) is 0 Å². The summed E-state index contributed by atoms with van der Waals surface area (Å²) in [6.07, 6.45) is 0.587. The number of anilines is 1. The second-order valence-electron chi connectivity index (χ2n) is 2.32. The molecule has 0 heterocycles. The van der Waals surface area contributed by atoms with E-state index in [2.05, 4.69) is 21.2 Å². The van der Waals surface area contributed by atoms with Gasteiger partial charge in [0.25, 0.3) is 0 Å².